The van der Waals surface area contributed by atoms with Crippen molar-refractivity contribution in [2.45, 2.75) is 25.9 Å². The molecule has 0 bridgehead atoms. The summed E-state index contributed by atoms with van der Waals surface area (Å²) in [4.78, 5) is 29.0. The van der Waals surface area contributed by atoms with Crippen molar-refractivity contribution in [3.8, 4) is 5.75 Å². The normalized spacial score (nSPS) is 12.1. The number of hydrogen-bond acceptors (Lipinski definition) is 5. The molecule has 0 fully saturated rings. The highest BCUT2D eigenvalue weighted by Gasteiger charge is 2.16. The molecule has 0 aliphatic heterocycles. The van der Waals surface area contributed by atoms with Gasteiger partial charge in [-0.1, -0.05) is 6.92 Å². The van der Waals surface area contributed by atoms with Crippen LogP contribution in [0.5, 0.6) is 5.75 Å². The van der Waals surface area contributed by atoms with Gasteiger partial charge in [0.15, 0.2) is 0 Å². The van der Waals surface area contributed by atoms with E-state index in [4.69, 9.17) is 14.7 Å². The number of carboxylic acid groups (broad SMARTS) is 1. The van der Waals surface area contributed by atoms with E-state index in [0.29, 0.717) is 29.5 Å². The summed E-state index contributed by atoms with van der Waals surface area (Å²) >= 11 is 0. The Labute approximate surface area is 132 Å². The fourth-order valence-corrected chi connectivity index (χ4v) is 2.15. The van der Waals surface area contributed by atoms with Crippen LogP contribution in [0.1, 0.15) is 30.1 Å². The van der Waals surface area contributed by atoms with E-state index in [-0.39, 0.29) is 12.2 Å². The van der Waals surface area contributed by atoms with Crippen LogP contribution in [0.3, 0.4) is 0 Å². The molecule has 1 aromatic carbocycles. The summed E-state index contributed by atoms with van der Waals surface area (Å²) in [7, 11) is 1.49. The number of aliphatic hydroxyl groups excluding tert-OH is 1. The number of hydrogen-bond donors (Lipinski definition) is 2. The van der Waals surface area contributed by atoms with Gasteiger partial charge >= 0.3 is 5.97 Å². The summed E-state index contributed by atoms with van der Waals surface area (Å²) in [6.45, 7) is 1.92. The SMILES string of the molecule is CCC(O)CCOn1c(=O)c(C(=O)O)cc2ccc(OC)cc21. The first-order valence-corrected chi connectivity index (χ1v) is 7.26. The molecule has 2 rings (SSSR count). The summed E-state index contributed by atoms with van der Waals surface area (Å²) < 4.78 is 6.08. The Balaban J connectivity index is 2.50. The largest absolute Gasteiger partial charge is 0.497 e. The van der Waals surface area contributed by atoms with Gasteiger partial charge in [-0.2, -0.15) is 0 Å². The zero-order valence-corrected chi connectivity index (χ0v) is 13.0. The highest BCUT2D eigenvalue weighted by Crippen LogP contribution is 2.20. The molecule has 0 saturated carbocycles. The summed E-state index contributed by atoms with van der Waals surface area (Å²) in [5.41, 5.74) is -0.728. The van der Waals surface area contributed by atoms with Gasteiger partial charge in [-0.25, -0.2) is 4.79 Å². The maximum Gasteiger partial charge on any atom is 0.341 e. The van der Waals surface area contributed by atoms with E-state index in [1.54, 1.807) is 18.2 Å². The van der Waals surface area contributed by atoms with Crippen LogP contribution in [0.15, 0.2) is 29.1 Å². The topological polar surface area (TPSA) is 98.0 Å². The van der Waals surface area contributed by atoms with E-state index in [2.05, 4.69) is 0 Å². The number of nitrogens with zero attached hydrogens (tertiary/aromatic N) is 1. The van der Waals surface area contributed by atoms with Gasteiger partial charge in [-0.15, -0.1) is 4.73 Å². The van der Waals surface area contributed by atoms with Crippen LogP contribution in [0.4, 0.5) is 0 Å². The monoisotopic (exact) mass is 321 g/mol. The third-order valence-corrected chi connectivity index (χ3v) is 3.54. The van der Waals surface area contributed by atoms with E-state index < -0.39 is 17.6 Å². The van der Waals surface area contributed by atoms with Crippen LogP contribution in [-0.2, 0) is 0 Å². The van der Waals surface area contributed by atoms with E-state index in [9.17, 15) is 14.7 Å². The fourth-order valence-electron chi connectivity index (χ4n) is 2.15. The van der Waals surface area contributed by atoms with Gasteiger partial charge in [-0.05, 0) is 24.6 Å². The average molecular weight is 321 g/mol. The lowest BCUT2D eigenvalue weighted by Gasteiger charge is -2.14. The fraction of sp³-hybridized carbons (Fsp3) is 0.375. The molecule has 0 spiro atoms. The predicted octanol–water partition coefficient (Wildman–Crippen LogP) is 1.30. The Morgan fingerprint density at radius 2 is 2.09 bits per heavy atom. The summed E-state index contributed by atoms with van der Waals surface area (Å²) in [5, 5.41) is 19.3. The van der Waals surface area contributed by atoms with Crippen molar-refractivity contribution >= 4 is 16.9 Å². The molecule has 23 heavy (non-hydrogen) atoms. The first kappa shape index (κ1) is 16.8. The zero-order valence-electron chi connectivity index (χ0n) is 13.0. The maximum absolute atomic E-state index is 12.3. The number of methoxy groups -OCH3 is 1. The summed E-state index contributed by atoms with van der Waals surface area (Å²) in [6.07, 6.45) is 0.377. The number of aromatic carboxylic acids is 1. The van der Waals surface area contributed by atoms with Gasteiger partial charge in [-0.3, -0.25) is 4.79 Å². The number of carbonyl (C=O) groups is 1. The van der Waals surface area contributed by atoms with Gasteiger partial charge in [0.1, 0.15) is 17.9 Å². The quantitative estimate of drug-likeness (QED) is 0.797. The molecule has 0 aliphatic rings. The molecule has 1 heterocycles. The molecule has 7 heteroatoms. The summed E-state index contributed by atoms with van der Waals surface area (Å²) in [5.74, 6) is -0.801. The van der Waals surface area contributed by atoms with Crippen molar-refractivity contribution in [2.24, 2.45) is 0 Å². The maximum atomic E-state index is 12.3. The summed E-state index contributed by atoms with van der Waals surface area (Å²) in [6, 6.07) is 6.23. The third-order valence-electron chi connectivity index (χ3n) is 3.54. The highest BCUT2D eigenvalue weighted by molar-refractivity contribution is 5.92. The number of aromatic nitrogens is 1. The lowest BCUT2D eigenvalue weighted by Crippen LogP contribution is -2.32. The molecule has 1 unspecified atom stereocenters. The Hall–Kier alpha value is -2.54. The molecule has 0 saturated heterocycles. The number of fused-ring (bicyclic) bond motifs is 1. The molecule has 2 aromatic rings. The number of aliphatic hydroxyl groups is 1. The van der Waals surface area contributed by atoms with Gasteiger partial charge in [0, 0.05) is 17.9 Å². The molecule has 1 aromatic heterocycles. The van der Waals surface area contributed by atoms with Crippen LogP contribution in [0.2, 0.25) is 0 Å². The molecule has 124 valence electrons. The van der Waals surface area contributed by atoms with Crippen molar-refractivity contribution in [3.63, 3.8) is 0 Å². The number of ether oxygens (including phenoxy) is 1. The molecule has 0 amide bonds. The molecule has 2 N–H and O–H groups in total. The number of pyridine rings is 1. The van der Waals surface area contributed by atoms with Crippen molar-refractivity contribution in [1.29, 1.82) is 0 Å². The van der Waals surface area contributed by atoms with Crippen LogP contribution in [-0.4, -0.2) is 40.7 Å². The highest BCUT2D eigenvalue weighted by atomic mass is 16.7. The Bertz CT molecular complexity index is 767. The molecular weight excluding hydrogens is 302 g/mol. The van der Waals surface area contributed by atoms with Gasteiger partial charge in [0.05, 0.1) is 18.7 Å². The van der Waals surface area contributed by atoms with Crippen LogP contribution < -0.4 is 15.1 Å². The minimum atomic E-state index is -1.32. The van der Waals surface area contributed by atoms with Gasteiger partial charge in [0.2, 0.25) is 0 Å². The first-order chi connectivity index (χ1) is 11.0. The van der Waals surface area contributed by atoms with E-state index >= 15 is 0 Å². The number of rotatable bonds is 7. The zero-order chi connectivity index (χ0) is 17.0. The average Bonchev–Trinajstić information content (AvgIpc) is 2.55. The lowest BCUT2D eigenvalue weighted by atomic mass is 10.1. The third kappa shape index (κ3) is 3.62. The standard InChI is InChI=1S/C16H19NO6/c1-3-11(18)6-7-23-17-14-9-12(22-2)5-4-10(14)8-13(15(17)19)16(20)21/h4-5,8-9,11,18H,3,6-7H2,1-2H3,(H,20,21). The van der Waals surface area contributed by atoms with Crippen LogP contribution >= 0.6 is 0 Å². The second-order valence-corrected chi connectivity index (χ2v) is 5.07. The van der Waals surface area contributed by atoms with Crippen molar-refractivity contribution in [2.75, 3.05) is 13.7 Å². The van der Waals surface area contributed by atoms with E-state index in [1.807, 2.05) is 6.92 Å². The minimum Gasteiger partial charge on any atom is -0.497 e. The van der Waals surface area contributed by atoms with E-state index in [0.717, 1.165) is 4.73 Å². The van der Waals surface area contributed by atoms with Crippen molar-refractivity contribution in [1.82, 2.24) is 4.73 Å². The molecular formula is C16H19NO6. The second kappa shape index (κ2) is 7.15. The van der Waals surface area contributed by atoms with Crippen molar-refractivity contribution in [3.05, 3.63) is 40.2 Å². The molecule has 1 atom stereocenters. The predicted molar refractivity (Wildman–Crippen MR) is 84.1 cm³/mol. The number of carboxylic acids is 1. The Morgan fingerprint density at radius 1 is 1.35 bits per heavy atom. The lowest BCUT2D eigenvalue weighted by molar-refractivity contribution is 0.0629. The molecule has 0 aliphatic carbocycles. The molecule has 7 nitrogen and oxygen atoms in total. The van der Waals surface area contributed by atoms with Crippen LogP contribution in [0, 0.1) is 0 Å². The Morgan fingerprint density at radius 3 is 2.70 bits per heavy atom. The van der Waals surface area contributed by atoms with Crippen LogP contribution in [0.25, 0.3) is 10.9 Å². The second-order valence-electron chi connectivity index (χ2n) is 5.07. The van der Waals surface area contributed by atoms with Gasteiger partial charge in [0.25, 0.3) is 5.56 Å². The minimum absolute atomic E-state index is 0.0876. The number of benzene rings is 1. The van der Waals surface area contributed by atoms with Crippen molar-refractivity contribution < 1.29 is 24.6 Å². The first-order valence-electron chi connectivity index (χ1n) is 7.26. The Kier molecular flexibility index (Phi) is 5.23. The van der Waals surface area contributed by atoms with E-state index in [1.165, 1.54) is 13.2 Å². The molecule has 0 radical (unpaired) electrons. The smallest absolute Gasteiger partial charge is 0.341 e. The van der Waals surface area contributed by atoms with Gasteiger partial charge < -0.3 is 19.8 Å².